The van der Waals surface area contributed by atoms with E-state index in [0.717, 1.165) is 12.8 Å². The van der Waals surface area contributed by atoms with Crippen molar-refractivity contribution >= 4 is 28.6 Å². The average Bonchev–Trinajstić information content (AvgIpc) is 3.27. The maximum atomic E-state index is 12.5. The molecule has 0 saturated carbocycles. The number of carbonyl (C=O) groups is 1. The number of nitrogens with zero attached hydrogens (tertiary/aromatic N) is 4. The summed E-state index contributed by atoms with van der Waals surface area (Å²) in [5.74, 6) is 2.21. The number of benzene rings is 1. The molecule has 12 heteroatoms. The number of aromatic nitrogens is 2. The summed E-state index contributed by atoms with van der Waals surface area (Å²) >= 11 is 0. The van der Waals surface area contributed by atoms with Crippen LogP contribution in [0.25, 0.3) is 10.9 Å². The maximum Gasteiger partial charge on any atom is 1.00 e. The quantitative estimate of drug-likeness (QED) is 0.492. The Bertz CT molecular complexity index is 894. The number of methoxy groups -OCH3 is 2. The first-order valence-corrected chi connectivity index (χ1v) is 9.45. The average molecular weight is 460 g/mol. The second kappa shape index (κ2) is 11.1. The summed E-state index contributed by atoms with van der Waals surface area (Å²) in [5, 5.41) is 0.716. The third-order valence-corrected chi connectivity index (χ3v) is 5.30. The molecule has 2 aliphatic rings. The second-order valence-corrected chi connectivity index (χ2v) is 6.95. The number of hydrogen-bond donors (Lipinski definition) is 1. The minimum absolute atomic E-state index is 0. The van der Waals surface area contributed by atoms with Gasteiger partial charge in [-0.2, -0.15) is 4.98 Å². The van der Waals surface area contributed by atoms with Crippen LogP contribution in [0.2, 0.25) is 0 Å². The van der Waals surface area contributed by atoms with Crippen LogP contribution in [0, 0.1) is 0 Å². The van der Waals surface area contributed by atoms with Gasteiger partial charge in [0, 0.05) is 44.2 Å². The van der Waals surface area contributed by atoms with E-state index >= 15 is 0 Å². The second-order valence-electron chi connectivity index (χ2n) is 6.95. The number of halogens is 1. The Hall–Kier alpha value is -2.60. The summed E-state index contributed by atoms with van der Waals surface area (Å²) in [6, 6.07) is 3.58. The lowest BCUT2D eigenvalue weighted by Crippen LogP contribution is -3.00. The number of anilines is 2. The van der Waals surface area contributed by atoms with Gasteiger partial charge in [0.05, 0.1) is 19.7 Å². The van der Waals surface area contributed by atoms with E-state index in [1.807, 2.05) is 9.80 Å². The largest absolute Gasteiger partial charge is 1.00 e. The fourth-order valence-corrected chi connectivity index (χ4v) is 3.71. The molecule has 6 N–H and O–H groups in total. The zero-order chi connectivity index (χ0) is 19.7. The van der Waals surface area contributed by atoms with Gasteiger partial charge in [-0.25, -0.2) is 4.98 Å². The minimum atomic E-state index is -0.276. The molecular formula is C19H30ClN5O6. The third-order valence-electron chi connectivity index (χ3n) is 5.30. The maximum absolute atomic E-state index is 12.5. The molecule has 0 bridgehead atoms. The lowest BCUT2D eigenvalue weighted by Gasteiger charge is -2.35. The number of hydrogen-bond acceptors (Lipinski definition) is 8. The minimum Gasteiger partial charge on any atom is -1.00 e. The first kappa shape index (κ1) is 26.4. The van der Waals surface area contributed by atoms with Crippen LogP contribution < -0.4 is 32.5 Å². The van der Waals surface area contributed by atoms with Gasteiger partial charge >= 0.3 is 1.43 Å². The fourth-order valence-electron chi connectivity index (χ4n) is 3.71. The van der Waals surface area contributed by atoms with Gasteiger partial charge in [-0.1, -0.05) is 0 Å². The van der Waals surface area contributed by atoms with Crippen molar-refractivity contribution in [3.05, 3.63) is 12.1 Å². The van der Waals surface area contributed by atoms with Gasteiger partial charge in [0.1, 0.15) is 11.9 Å². The van der Waals surface area contributed by atoms with Gasteiger partial charge in [-0.15, -0.1) is 0 Å². The molecule has 1 aromatic carbocycles. The fraction of sp³-hybridized carbons (Fsp3) is 0.526. The van der Waals surface area contributed by atoms with Crippen LogP contribution in [0.3, 0.4) is 0 Å². The smallest absolute Gasteiger partial charge is 1.00 e. The number of carbonyl (C=O) groups excluding carboxylic acids is 1. The number of amides is 1. The molecule has 0 aliphatic carbocycles. The van der Waals surface area contributed by atoms with Crippen LogP contribution in [-0.4, -0.2) is 84.8 Å². The lowest BCUT2D eigenvalue weighted by atomic mass is 10.2. The van der Waals surface area contributed by atoms with Crippen LogP contribution in [0.5, 0.6) is 11.5 Å². The Labute approximate surface area is 188 Å². The van der Waals surface area contributed by atoms with E-state index in [0.29, 0.717) is 67.0 Å². The Morgan fingerprint density at radius 3 is 2.35 bits per heavy atom. The van der Waals surface area contributed by atoms with Crippen molar-refractivity contribution < 1.29 is 43.8 Å². The van der Waals surface area contributed by atoms with E-state index in [9.17, 15) is 4.79 Å². The Balaban J connectivity index is 0.00000240. The highest BCUT2D eigenvalue weighted by Gasteiger charge is 2.31. The van der Waals surface area contributed by atoms with Crippen LogP contribution >= 0.6 is 0 Å². The Morgan fingerprint density at radius 1 is 1.13 bits per heavy atom. The summed E-state index contributed by atoms with van der Waals surface area (Å²) in [7, 11) is 3.16. The third kappa shape index (κ3) is 5.18. The summed E-state index contributed by atoms with van der Waals surface area (Å²) in [6.45, 7) is 3.21. The van der Waals surface area contributed by atoms with Crippen molar-refractivity contribution in [2.75, 3.05) is 57.6 Å². The SMILES string of the molecule is COc1cc2nc(N3CCN(C(=O)C4CCCO4)CC3)nc(N)c2cc1OC.O.O.[Cl-].[H+]. The first-order chi connectivity index (χ1) is 13.6. The van der Waals surface area contributed by atoms with Crippen molar-refractivity contribution in [3.63, 3.8) is 0 Å². The van der Waals surface area contributed by atoms with Crippen molar-refractivity contribution in [2.45, 2.75) is 18.9 Å². The van der Waals surface area contributed by atoms with Crippen LogP contribution in [0.4, 0.5) is 11.8 Å². The summed E-state index contributed by atoms with van der Waals surface area (Å²) in [6.07, 6.45) is 1.49. The zero-order valence-corrected chi connectivity index (χ0v) is 18.3. The van der Waals surface area contributed by atoms with Gasteiger partial charge in [0.25, 0.3) is 5.91 Å². The molecule has 3 heterocycles. The van der Waals surface area contributed by atoms with E-state index in [1.165, 1.54) is 0 Å². The first-order valence-electron chi connectivity index (χ1n) is 9.45. The number of nitrogen functional groups attached to an aromatic ring is 1. The molecule has 2 saturated heterocycles. The number of rotatable bonds is 4. The van der Waals surface area contributed by atoms with Crippen molar-refractivity contribution in [1.82, 2.24) is 14.9 Å². The molecule has 2 aliphatic heterocycles. The monoisotopic (exact) mass is 459 g/mol. The van der Waals surface area contributed by atoms with Gasteiger partial charge in [0.15, 0.2) is 11.5 Å². The van der Waals surface area contributed by atoms with E-state index in [-0.39, 0.29) is 36.8 Å². The van der Waals surface area contributed by atoms with Crippen LogP contribution in [0.1, 0.15) is 14.3 Å². The molecule has 2 aromatic rings. The standard InChI is InChI=1S/C19H25N5O4.ClH.2H2O/c1-26-15-10-12-13(11-16(15)27-2)21-19(22-17(12)20)24-7-5-23(6-8-24)18(25)14-4-3-9-28-14;;;/h10-11,14H,3-9H2,1-2H3,(H2,20,21,22);1H;2*1H2. The number of piperazine rings is 1. The topological polar surface area (TPSA) is 166 Å². The Kier molecular flexibility index (Phi) is 9.50. The van der Waals surface area contributed by atoms with Crippen LogP contribution in [0.15, 0.2) is 12.1 Å². The highest BCUT2D eigenvalue weighted by atomic mass is 35.5. The van der Waals surface area contributed by atoms with Gasteiger partial charge < -0.3 is 53.1 Å². The van der Waals surface area contributed by atoms with Gasteiger partial charge in [-0.3, -0.25) is 4.79 Å². The molecular weight excluding hydrogens is 430 g/mol. The summed E-state index contributed by atoms with van der Waals surface area (Å²) in [5.41, 5.74) is 6.87. The zero-order valence-electron chi connectivity index (χ0n) is 18.6. The molecule has 0 radical (unpaired) electrons. The number of fused-ring (bicyclic) bond motifs is 1. The normalized spacial score (nSPS) is 17.9. The molecule has 11 nitrogen and oxygen atoms in total. The highest BCUT2D eigenvalue weighted by Crippen LogP contribution is 2.34. The molecule has 1 atom stereocenters. The van der Waals surface area contributed by atoms with E-state index < -0.39 is 0 Å². The highest BCUT2D eigenvalue weighted by molar-refractivity contribution is 5.91. The number of ether oxygens (including phenoxy) is 3. The van der Waals surface area contributed by atoms with Crippen molar-refractivity contribution in [3.8, 4) is 11.5 Å². The molecule has 2 fully saturated rings. The summed E-state index contributed by atoms with van der Waals surface area (Å²) in [4.78, 5) is 25.6. The van der Waals surface area contributed by atoms with Crippen molar-refractivity contribution in [1.29, 1.82) is 0 Å². The number of nitrogens with two attached hydrogens (primary N) is 1. The Morgan fingerprint density at radius 2 is 1.77 bits per heavy atom. The lowest BCUT2D eigenvalue weighted by molar-refractivity contribution is -0.141. The molecule has 31 heavy (non-hydrogen) atoms. The predicted octanol–water partition coefficient (Wildman–Crippen LogP) is -3.48. The molecule has 1 unspecified atom stereocenters. The molecule has 4 rings (SSSR count). The molecule has 1 amide bonds. The van der Waals surface area contributed by atoms with Gasteiger partial charge in [0.2, 0.25) is 5.95 Å². The predicted molar refractivity (Wildman–Crippen MR) is 113 cm³/mol. The van der Waals surface area contributed by atoms with Crippen LogP contribution in [-0.2, 0) is 9.53 Å². The van der Waals surface area contributed by atoms with Crippen molar-refractivity contribution in [2.24, 2.45) is 0 Å². The molecule has 1 aromatic heterocycles. The van der Waals surface area contributed by atoms with E-state index in [1.54, 1.807) is 26.4 Å². The van der Waals surface area contributed by atoms with E-state index in [4.69, 9.17) is 19.9 Å². The molecule has 174 valence electrons. The summed E-state index contributed by atoms with van der Waals surface area (Å²) < 4.78 is 16.2. The molecule has 0 spiro atoms. The van der Waals surface area contributed by atoms with E-state index in [2.05, 4.69) is 9.97 Å². The van der Waals surface area contributed by atoms with Gasteiger partial charge in [-0.05, 0) is 18.9 Å².